The van der Waals surface area contributed by atoms with Crippen molar-refractivity contribution in [3.8, 4) is 0 Å². The van der Waals surface area contributed by atoms with Crippen LogP contribution in [-0.4, -0.2) is 13.2 Å². The van der Waals surface area contributed by atoms with Gasteiger partial charge in [-0.05, 0) is 24.2 Å². The molecule has 0 unspecified atom stereocenters. The van der Waals surface area contributed by atoms with Gasteiger partial charge in [-0.3, -0.25) is 0 Å². The highest BCUT2D eigenvalue weighted by Crippen LogP contribution is 2.34. The van der Waals surface area contributed by atoms with E-state index in [0.29, 0.717) is 5.41 Å². The molecule has 1 fully saturated rings. The Hall–Kier alpha value is -0.0400. The maximum absolute atomic E-state index is 5.74. The molecule has 1 heteroatoms. The summed E-state index contributed by atoms with van der Waals surface area (Å²) in [7, 11) is 0. The lowest BCUT2D eigenvalue weighted by atomic mass is 9.93. The molecule has 0 amide bonds. The van der Waals surface area contributed by atoms with Crippen LogP contribution in [0.3, 0.4) is 0 Å². The Balaban J connectivity index is 1.62. The minimum atomic E-state index is 0.412. The number of rotatable bonds is 19. The Labute approximate surface area is 166 Å². The molecular formula is C25H50O. The number of unbranched alkanes of at least 4 members (excludes halogenated alkanes) is 13. The van der Waals surface area contributed by atoms with E-state index in [0.717, 1.165) is 19.1 Å². The van der Waals surface area contributed by atoms with Crippen molar-refractivity contribution in [2.45, 2.75) is 136 Å². The lowest BCUT2D eigenvalue weighted by Gasteiger charge is -2.17. The van der Waals surface area contributed by atoms with Gasteiger partial charge in [-0.1, -0.05) is 124 Å². The topological polar surface area (TPSA) is 9.23 Å². The zero-order valence-electron chi connectivity index (χ0n) is 18.6. The van der Waals surface area contributed by atoms with Gasteiger partial charge in [0.2, 0.25) is 0 Å². The maximum atomic E-state index is 5.74. The van der Waals surface area contributed by atoms with E-state index in [4.69, 9.17) is 4.74 Å². The SMILES string of the molecule is CC(C)(C)CCOCCCCCCCCCCCCCCCCC1CC1. The van der Waals surface area contributed by atoms with E-state index in [1.165, 1.54) is 116 Å². The molecule has 0 atom stereocenters. The average Bonchev–Trinajstić information content (AvgIpc) is 3.40. The van der Waals surface area contributed by atoms with Gasteiger partial charge in [0.25, 0.3) is 0 Å². The van der Waals surface area contributed by atoms with Crippen LogP contribution >= 0.6 is 0 Å². The molecule has 0 N–H and O–H groups in total. The van der Waals surface area contributed by atoms with E-state index >= 15 is 0 Å². The largest absolute Gasteiger partial charge is 0.381 e. The highest BCUT2D eigenvalue weighted by molar-refractivity contribution is 4.72. The summed E-state index contributed by atoms with van der Waals surface area (Å²) in [6.45, 7) is 8.76. The predicted molar refractivity (Wildman–Crippen MR) is 117 cm³/mol. The van der Waals surface area contributed by atoms with Crippen LogP contribution in [0.15, 0.2) is 0 Å². The monoisotopic (exact) mass is 366 g/mol. The zero-order chi connectivity index (χ0) is 18.9. The van der Waals surface area contributed by atoms with Crippen LogP contribution in [0, 0.1) is 11.3 Å². The molecule has 1 aliphatic rings. The molecule has 0 heterocycles. The first-order chi connectivity index (χ1) is 12.6. The van der Waals surface area contributed by atoms with Crippen LogP contribution in [0.1, 0.15) is 136 Å². The minimum Gasteiger partial charge on any atom is -0.381 e. The minimum absolute atomic E-state index is 0.412. The number of hydrogen-bond acceptors (Lipinski definition) is 1. The molecule has 0 spiro atoms. The zero-order valence-corrected chi connectivity index (χ0v) is 18.6. The van der Waals surface area contributed by atoms with E-state index in [9.17, 15) is 0 Å². The molecule has 1 rings (SSSR count). The standard InChI is InChI=1S/C25H50O/c1-25(2,3)21-23-26-22-17-15-13-11-9-7-5-4-6-8-10-12-14-16-18-24-19-20-24/h24H,4-23H2,1-3H3. The maximum Gasteiger partial charge on any atom is 0.0471 e. The summed E-state index contributed by atoms with van der Waals surface area (Å²) in [5.41, 5.74) is 0.412. The first kappa shape index (κ1) is 24.0. The van der Waals surface area contributed by atoms with Gasteiger partial charge in [0.1, 0.15) is 0 Å². The van der Waals surface area contributed by atoms with Crippen molar-refractivity contribution in [2.75, 3.05) is 13.2 Å². The molecule has 26 heavy (non-hydrogen) atoms. The van der Waals surface area contributed by atoms with Gasteiger partial charge in [0.15, 0.2) is 0 Å². The van der Waals surface area contributed by atoms with Crippen LogP contribution < -0.4 is 0 Å². The summed E-state index contributed by atoms with van der Waals surface area (Å²) in [5, 5.41) is 0. The second-order valence-corrected chi connectivity index (χ2v) is 10.1. The van der Waals surface area contributed by atoms with Crippen molar-refractivity contribution >= 4 is 0 Å². The lowest BCUT2D eigenvalue weighted by molar-refractivity contribution is 0.105. The summed E-state index contributed by atoms with van der Waals surface area (Å²) < 4.78 is 5.74. The molecular weight excluding hydrogens is 316 g/mol. The van der Waals surface area contributed by atoms with E-state index in [1.54, 1.807) is 0 Å². The first-order valence-corrected chi connectivity index (χ1v) is 12.2. The highest BCUT2D eigenvalue weighted by Gasteiger charge is 2.19. The van der Waals surface area contributed by atoms with Gasteiger partial charge in [-0.25, -0.2) is 0 Å². The normalized spacial score (nSPS) is 14.9. The molecule has 0 bridgehead atoms. The van der Waals surface area contributed by atoms with Gasteiger partial charge in [0.05, 0.1) is 0 Å². The van der Waals surface area contributed by atoms with E-state index in [1.807, 2.05) is 0 Å². The van der Waals surface area contributed by atoms with Gasteiger partial charge in [-0.2, -0.15) is 0 Å². The van der Waals surface area contributed by atoms with E-state index < -0.39 is 0 Å². The van der Waals surface area contributed by atoms with Crippen molar-refractivity contribution in [3.05, 3.63) is 0 Å². The molecule has 0 saturated heterocycles. The van der Waals surface area contributed by atoms with Crippen molar-refractivity contribution in [2.24, 2.45) is 11.3 Å². The Kier molecular flexibility index (Phi) is 14.7. The predicted octanol–water partition coefficient (Wildman–Crippen LogP) is 8.70. The lowest BCUT2D eigenvalue weighted by Crippen LogP contribution is -2.09. The average molecular weight is 367 g/mol. The van der Waals surface area contributed by atoms with Crippen molar-refractivity contribution < 1.29 is 4.74 Å². The van der Waals surface area contributed by atoms with Crippen LogP contribution in [0.25, 0.3) is 0 Å². The molecule has 1 aliphatic carbocycles. The number of hydrogen-bond donors (Lipinski definition) is 0. The summed E-state index contributed by atoms with van der Waals surface area (Å²) in [5.74, 6) is 1.14. The molecule has 156 valence electrons. The molecule has 0 aromatic heterocycles. The van der Waals surface area contributed by atoms with Gasteiger partial charge in [0, 0.05) is 13.2 Å². The van der Waals surface area contributed by atoms with Gasteiger partial charge >= 0.3 is 0 Å². The molecule has 0 aromatic rings. The Morgan fingerprint density at radius 1 is 0.577 bits per heavy atom. The molecule has 0 aliphatic heterocycles. The van der Waals surface area contributed by atoms with Crippen LogP contribution in [0.5, 0.6) is 0 Å². The van der Waals surface area contributed by atoms with Crippen LogP contribution in [-0.2, 0) is 4.74 Å². The summed E-state index contributed by atoms with van der Waals surface area (Å²) in [6.07, 6.45) is 26.0. The second-order valence-electron chi connectivity index (χ2n) is 10.1. The second kappa shape index (κ2) is 16.0. The van der Waals surface area contributed by atoms with E-state index in [-0.39, 0.29) is 0 Å². The van der Waals surface area contributed by atoms with Crippen LogP contribution in [0.2, 0.25) is 0 Å². The first-order valence-electron chi connectivity index (χ1n) is 12.2. The Bertz CT molecular complexity index is 287. The Morgan fingerprint density at radius 2 is 1.00 bits per heavy atom. The summed E-state index contributed by atoms with van der Waals surface area (Å²) in [4.78, 5) is 0. The highest BCUT2D eigenvalue weighted by atomic mass is 16.5. The quantitative estimate of drug-likeness (QED) is 0.208. The summed E-state index contributed by atoms with van der Waals surface area (Å²) >= 11 is 0. The van der Waals surface area contributed by atoms with Crippen molar-refractivity contribution in [1.29, 1.82) is 0 Å². The van der Waals surface area contributed by atoms with Crippen LogP contribution in [0.4, 0.5) is 0 Å². The third-order valence-electron chi connectivity index (χ3n) is 5.84. The fourth-order valence-electron chi connectivity index (χ4n) is 3.65. The third-order valence-corrected chi connectivity index (χ3v) is 5.84. The number of ether oxygens (including phenoxy) is 1. The van der Waals surface area contributed by atoms with Gasteiger partial charge < -0.3 is 4.74 Å². The van der Waals surface area contributed by atoms with Gasteiger partial charge in [-0.15, -0.1) is 0 Å². The molecule has 0 radical (unpaired) electrons. The smallest absolute Gasteiger partial charge is 0.0471 e. The Morgan fingerprint density at radius 3 is 1.42 bits per heavy atom. The fourth-order valence-corrected chi connectivity index (χ4v) is 3.65. The summed E-state index contributed by atoms with van der Waals surface area (Å²) in [6, 6.07) is 0. The molecule has 1 nitrogen and oxygen atoms in total. The van der Waals surface area contributed by atoms with Crippen molar-refractivity contribution in [3.63, 3.8) is 0 Å². The van der Waals surface area contributed by atoms with Crippen molar-refractivity contribution in [1.82, 2.24) is 0 Å². The molecule has 1 saturated carbocycles. The third kappa shape index (κ3) is 18.7. The van der Waals surface area contributed by atoms with E-state index in [2.05, 4.69) is 20.8 Å². The molecule has 0 aromatic carbocycles. The fraction of sp³-hybridized carbons (Fsp3) is 1.00.